The first-order valence-electron chi connectivity index (χ1n) is 8.36. The largest absolute Gasteiger partial charge is 0.402 e. The van der Waals surface area contributed by atoms with E-state index < -0.39 is 5.97 Å². The minimum absolute atomic E-state index is 0.343. The Morgan fingerprint density at radius 3 is 1.70 bits per heavy atom. The average Bonchev–Trinajstić information content (AvgIpc) is 3.11. The third kappa shape index (κ3) is 4.32. The molecule has 0 saturated heterocycles. The lowest BCUT2D eigenvalue weighted by atomic mass is 10.2. The van der Waals surface area contributed by atoms with Gasteiger partial charge in [-0.3, -0.25) is 0 Å². The highest BCUT2D eigenvalue weighted by atomic mass is 32.2. The Bertz CT molecular complexity index is 957. The number of nitrogens with zero attached hydrogens (tertiary/aromatic N) is 1. The SMILES string of the molecule is O=C1OC(c2ccccc2)=NC1=C(Sc1ccccc1)Sc1ccccc1. The average molecular weight is 390 g/mol. The van der Waals surface area contributed by atoms with E-state index >= 15 is 0 Å². The summed E-state index contributed by atoms with van der Waals surface area (Å²) in [5.74, 6) is -0.0776. The van der Waals surface area contributed by atoms with Crippen molar-refractivity contribution in [2.45, 2.75) is 9.79 Å². The second-order valence-corrected chi connectivity index (χ2v) is 8.06. The van der Waals surface area contributed by atoms with Crippen LogP contribution in [0.25, 0.3) is 0 Å². The Hall–Kier alpha value is -2.76. The highest BCUT2D eigenvalue weighted by Gasteiger charge is 2.28. The number of rotatable bonds is 5. The van der Waals surface area contributed by atoms with Gasteiger partial charge < -0.3 is 4.74 Å². The fourth-order valence-corrected chi connectivity index (χ4v) is 4.66. The molecular formula is C22H15NO2S2. The van der Waals surface area contributed by atoms with E-state index in [-0.39, 0.29) is 0 Å². The predicted molar refractivity (Wildman–Crippen MR) is 111 cm³/mol. The molecule has 3 aromatic carbocycles. The summed E-state index contributed by atoms with van der Waals surface area (Å²) in [6.45, 7) is 0. The van der Waals surface area contributed by atoms with Crippen molar-refractivity contribution < 1.29 is 9.53 Å². The van der Waals surface area contributed by atoms with Gasteiger partial charge in [0.1, 0.15) is 0 Å². The third-order valence-electron chi connectivity index (χ3n) is 3.72. The minimum Gasteiger partial charge on any atom is -0.402 e. The molecule has 0 aliphatic carbocycles. The van der Waals surface area contributed by atoms with Gasteiger partial charge in [-0.05, 0) is 36.4 Å². The predicted octanol–water partition coefficient (Wildman–Crippen LogP) is 5.74. The Morgan fingerprint density at radius 2 is 1.19 bits per heavy atom. The summed E-state index contributed by atoms with van der Waals surface area (Å²) < 4.78 is 6.24. The first-order chi connectivity index (χ1) is 13.3. The maximum atomic E-state index is 12.6. The summed E-state index contributed by atoms with van der Waals surface area (Å²) in [5.41, 5.74) is 1.13. The van der Waals surface area contributed by atoms with E-state index in [0.29, 0.717) is 11.6 Å². The fraction of sp³-hybridized carbons (Fsp3) is 0. The molecule has 1 aliphatic heterocycles. The molecule has 0 unspecified atom stereocenters. The van der Waals surface area contributed by atoms with Crippen molar-refractivity contribution in [1.29, 1.82) is 0 Å². The topological polar surface area (TPSA) is 38.7 Å². The molecule has 0 fully saturated rings. The molecular weight excluding hydrogens is 374 g/mol. The van der Waals surface area contributed by atoms with Crippen LogP contribution in [0.5, 0.6) is 0 Å². The molecule has 1 aliphatic rings. The van der Waals surface area contributed by atoms with E-state index in [4.69, 9.17) is 4.74 Å². The zero-order valence-corrected chi connectivity index (χ0v) is 15.9. The van der Waals surface area contributed by atoms with Crippen molar-refractivity contribution in [2.24, 2.45) is 4.99 Å². The van der Waals surface area contributed by atoms with Gasteiger partial charge in [0.2, 0.25) is 5.90 Å². The third-order valence-corrected chi connectivity index (χ3v) is 5.99. The number of aliphatic imine (C=N–C) groups is 1. The number of esters is 1. The van der Waals surface area contributed by atoms with Gasteiger partial charge in [-0.25, -0.2) is 9.79 Å². The number of cyclic esters (lactones) is 1. The summed E-state index contributed by atoms with van der Waals surface area (Å²) >= 11 is 3.03. The van der Waals surface area contributed by atoms with E-state index in [9.17, 15) is 4.79 Å². The fourth-order valence-electron chi connectivity index (χ4n) is 2.45. The number of carbonyl (C=O) groups is 1. The number of carbonyl (C=O) groups excluding carboxylic acids is 1. The molecule has 3 nitrogen and oxygen atoms in total. The molecule has 4 rings (SSSR count). The van der Waals surface area contributed by atoms with E-state index in [2.05, 4.69) is 4.99 Å². The highest BCUT2D eigenvalue weighted by molar-refractivity contribution is 8.22. The lowest BCUT2D eigenvalue weighted by Gasteiger charge is -2.08. The monoisotopic (exact) mass is 389 g/mol. The van der Waals surface area contributed by atoms with Crippen LogP contribution in [-0.4, -0.2) is 11.9 Å². The molecule has 3 aromatic rings. The second kappa shape index (κ2) is 8.29. The number of ether oxygens (including phenoxy) is 1. The van der Waals surface area contributed by atoms with Crippen molar-refractivity contribution in [3.8, 4) is 0 Å². The van der Waals surface area contributed by atoms with Crippen LogP contribution < -0.4 is 0 Å². The zero-order chi connectivity index (χ0) is 18.5. The summed E-state index contributed by atoms with van der Waals surface area (Å²) in [4.78, 5) is 19.2. The number of hydrogen-bond acceptors (Lipinski definition) is 5. The van der Waals surface area contributed by atoms with Crippen molar-refractivity contribution in [1.82, 2.24) is 0 Å². The Kier molecular flexibility index (Phi) is 5.42. The van der Waals surface area contributed by atoms with Crippen LogP contribution in [0.15, 0.2) is 116 Å². The van der Waals surface area contributed by atoms with E-state index in [1.54, 1.807) is 0 Å². The lowest BCUT2D eigenvalue weighted by molar-refractivity contribution is -0.130. The highest BCUT2D eigenvalue weighted by Crippen LogP contribution is 2.42. The van der Waals surface area contributed by atoms with Crippen LogP contribution in [0.2, 0.25) is 0 Å². The molecule has 132 valence electrons. The molecule has 0 saturated carbocycles. The molecule has 0 atom stereocenters. The normalized spacial score (nSPS) is 13.3. The zero-order valence-electron chi connectivity index (χ0n) is 14.2. The Morgan fingerprint density at radius 1 is 0.704 bits per heavy atom. The molecule has 0 N–H and O–H groups in total. The second-order valence-electron chi connectivity index (χ2n) is 5.64. The van der Waals surface area contributed by atoms with Gasteiger partial charge in [-0.15, -0.1) is 0 Å². The molecule has 0 bridgehead atoms. The van der Waals surface area contributed by atoms with E-state index in [1.807, 2.05) is 91.0 Å². The molecule has 1 heterocycles. The van der Waals surface area contributed by atoms with Gasteiger partial charge in [0.15, 0.2) is 5.70 Å². The van der Waals surface area contributed by atoms with Crippen LogP contribution >= 0.6 is 23.5 Å². The van der Waals surface area contributed by atoms with Gasteiger partial charge in [0, 0.05) is 15.4 Å². The molecule has 5 heteroatoms. The maximum Gasteiger partial charge on any atom is 0.365 e. The number of hydrogen-bond donors (Lipinski definition) is 0. The first kappa shape index (κ1) is 17.6. The lowest BCUT2D eigenvalue weighted by Crippen LogP contribution is -2.05. The van der Waals surface area contributed by atoms with Gasteiger partial charge in [-0.1, -0.05) is 78.1 Å². The van der Waals surface area contributed by atoms with Gasteiger partial charge in [0.25, 0.3) is 0 Å². The summed E-state index contributed by atoms with van der Waals surface area (Å²) in [5, 5.41) is 0. The van der Waals surface area contributed by atoms with Crippen LogP contribution in [0.1, 0.15) is 5.56 Å². The van der Waals surface area contributed by atoms with Crippen molar-refractivity contribution >= 4 is 35.4 Å². The smallest absolute Gasteiger partial charge is 0.365 e. The summed E-state index contributed by atoms with van der Waals surface area (Å²) in [6.07, 6.45) is 0. The van der Waals surface area contributed by atoms with Crippen LogP contribution in [0.3, 0.4) is 0 Å². The van der Waals surface area contributed by atoms with E-state index in [1.165, 1.54) is 23.5 Å². The van der Waals surface area contributed by atoms with Gasteiger partial charge in [-0.2, -0.15) is 0 Å². The number of benzene rings is 3. The van der Waals surface area contributed by atoms with Crippen molar-refractivity contribution in [3.63, 3.8) is 0 Å². The molecule has 0 radical (unpaired) electrons. The molecule has 0 aromatic heterocycles. The summed E-state index contributed by atoms with van der Waals surface area (Å²) in [6, 6.07) is 29.4. The van der Waals surface area contributed by atoms with Crippen LogP contribution in [-0.2, 0) is 9.53 Å². The maximum absolute atomic E-state index is 12.6. The first-order valence-corrected chi connectivity index (χ1v) is 9.99. The van der Waals surface area contributed by atoms with Crippen molar-refractivity contribution in [3.05, 3.63) is 106 Å². The molecule has 0 amide bonds. The van der Waals surface area contributed by atoms with Gasteiger partial charge in [0.05, 0.1) is 4.24 Å². The van der Waals surface area contributed by atoms with Crippen LogP contribution in [0, 0.1) is 0 Å². The minimum atomic E-state index is -0.421. The Balaban J connectivity index is 1.73. The van der Waals surface area contributed by atoms with Gasteiger partial charge >= 0.3 is 5.97 Å². The quantitative estimate of drug-likeness (QED) is 0.317. The number of thioether (sulfide) groups is 2. The van der Waals surface area contributed by atoms with Crippen LogP contribution in [0.4, 0.5) is 0 Å². The molecule has 27 heavy (non-hydrogen) atoms. The standard InChI is InChI=1S/C22H15NO2S2/c24-21-19(23-20(25-21)16-10-4-1-5-11-16)22(26-17-12-6-2-7-13-17)27-18-14-8-3-9-15-18/h1-15H. The Labute approximate surface area is 166 Å². The summed E-state index contributed by atoms with van der Waals surface area (Å²) in [7, 11) is 0. The van der Waals surface area contributed by atoms with E-state index in [0.717, 1.165) is 19.6 Å². The molecule has 0 spiro atoms. The van der Waals surface area contributed by atoms with Crippen molar-refractivity contribution in [2.75, 3.05) is 0 Å².